The summed E-state index contributed by atoms with van der Waals surface area (Å²) in [5, 5.41) is 9.75. The zero-order valence-corrected chi connectivity index (χ0v) is 13.0. The number of aryl methyl sites for hydroxylation is 1. The lowest BCUT2D eigenvalue weighted by atomic mass is 10.2. The van der Waals surface area contributed by atoms with Crippen LogP contribution >= 0.6 is 0 Å². The number of hydrogen-bond acceptors (Lipinski definition) is 3. The van der Waals surface area contributed by atoms with Crippen LogP contribution in [0.15, 0.2) is 47.9 Å². The molecule has 0 amide bonds. The molecule has 0 aliphatic carbocycles. The van der Waals surface area contributed by atoms with E-state index in [4.69, 9.17) is 5.11 Å². The molecule has 120 valence electrons. The van der Waals surface area contributed by atoms with E-state index in [-0.39, 0.29) is 5.56 Å². The molecule has 2 aromatic rings. The van der Waals surface area contributed by atoms with Crippen LogP contribution in [-0.2, 0) is 10.0 Å². The fourth-order valence-electron chi connectivity index (χ4n) is 1.77. The lowest BCUT2D eigenvalue weighted by Crippen LogP contribution is -2.11. The molecule has 5 nitrogen and oxygen atoms in total. The van der Waals surface area contributed by atoms with Crippen LogP contribution in [0.1, 0.15) is 21.5 Å². The third-order valence-electron chi connectivity index (χ3n) is 2.98. The quantitative estimate of drug-likeness (QED) is 0.878. The van der Waals surface area contributed by atoms with Crippen molar-refractivity contribution in [1.82, 2.24) is 0 Å². The molecule has 0 unspecified atom stereocenters. The highest BCUT2D eigenvalue weighted by Crippen LogP contribution is 2.18. The van der Waals surface area contributed by atoms with Crippen molar-refractivity contribution in [2.75, 3.05) is 4.72 Å². The van der Waals surface area contributed by atoms with Gasteiger partial charge in [-0.2, -0.15) is 0 Å². The second-order valence-electron chi connectivity index (χ2n) is 4.86. The number of sulfonamides is 1. The fraction of sp³-hybridized carbons (Fsp3) is 0.0625. The standard InChI is InChI=1S/C16H14FNO4S/c1-11-2-4-12(5-3-11)8-9-23(21,22)18-15-10-13(16(19)20)6-7-14(15)17/h2-10,18H,1H3,(H,19,20)/b9-8-. The Hall–Kier alpha value is -2.67. The van der Waals surface area contributed by atoms with Gasteiger partial charge >= 0.3 is 5.97 Å². The van der Waals surface area contributed by atoms with Crippen molar-refractivity contribution in [3.63, 3.8) is 0 Å². The Kier molecular flexibility index (Phi) is 4.80. The van der Waals surface area contributed by atoms with Crippen LogP contribution in [0.2, 0.25) is 0 Å². The molecule has 2 N–H and O–H groups in total. The summed E-state index contributed by atoms with van der Waals surface area (Å²) in [6.45, 7) is 1.91. The summed E-state index contributed by atoms with van der Waals surface area (Å²) in [6, 6.07) is 10.0. The van der Waals surface area contributed by atoms with Crippen LogP contribution in [0.4, 0.5) is 10.1 Å². The highest BCUT2D eigenvalue weighted by molar-refractivity contribution is 7.95. The first-order valence-electron chi connectivity index (χ1n) is 6.57. The van der Waals surface area contributed by atoms with Crippen LogP contribution in [0.5, 0.6) is 0 Å². The zero-order chi connectivity index (χ0) is 17.0. The number of nitrogens with one attached hydrogen (secondary N) is 1. The van der Waals surface area contributed by atoms with Gasteiger partial charge in [-0.05, 0) is 36.8 Å². The zero-order valence-electron chi connectivity index (χ0n) is 12.2. The Morgan fingerprint density at radius 2 is 1.83 bits per heavy atom. The Bertz CT molecular complexity index is 858. The van der Waals surface area contributed by atoms with E-state index in [1.165, 1.54) is 6.08 Å². The smallest absolute Gasteiger partial charge is 0.335 e. The average Bonchev–Trinajstić information content (AvgIpc) is 2.48. The molecule has 0 fully saturated rings. The van der Waals surface area contributed by atoms with Crippen LogP contribution in [0, 0.1) is 12.7 Å². The first-order chi connectivity index (χ1) is 10.8. The number of carboxylic acid groups (broad SMARTS) is 1. The fourth-order valence-corrected chi connectivity index (χ4v) is 2.64. The molecule has 7 heteroatoms. The summed E-state index contributed by atoms with van der Waals surface area (Å²) < 4.78 is 39.6. The first kappa shape index (κ1) is 16.7. The maximum Gasteiger partial charge on any atom is 0.335 e. The average molecular weight is 335 g/mol. The molecule has 2 aromatic carbocycles. The third-order valence-corrected chi connectivity index (χ3v) is 3.98. The molecular weight excluding hydrogens is 321 g/mol. The van der Waals surface area contributed by atoms with Crippen molar-refractivity contribution in [2.45, 2.75) is 6.92 Å². The van der Waals surface area contributed by atoms with Gasteiger partial charge in [0.1, 0.15) is 5.82 Å². The second kappa shape index (κ2) is 6.62. The van der Waals surface area contributed by atoms with Crippen molar-refractivity contribution in [2.24, 2.45) is 0 Å². The minimum atomic E-state index is -3.97. The van der Waals surface area contributed by atoms with Crippen molar-refractivity contribution in [1.29, 1.82) is 0 Å². The molecular formula is C16H14FNO4S. The maximum atomic E-state index is 13.6. The number of carboxylic acids is 1. The summed E-state index contributed by atoms with van der Waals surface area (Å²) in [6.07, 6.45) is 1.36. The van der Waals surface area contributed by atoms with Gasteiger partial charge in [-0.1, -0.05) is 29.8 Å². The van der Waals surface area contributed by atoms with Gasteiger partial charge in [-0.3, -0.25) is 4.72 Å². The van der Waals surface area contributed by atoms with Gasteiger partial charge in [0.2, 0.25) is 0 Å². The topological polar surface area (TPSA) is 83.5 Å². The second-order valence-corrected chi connectivity index (χ2v) is 6.43. The number of halogens is 1. The summed E-state index contributed by atoms with van der Waals surface area (Å²) in [5.41, 5.74) is 1.07. The number of rotatable bonds is 5. The normalized spacial score (nSPS) is 11.6. The van der Waals surface area contributed by atoms with Crippen LogP contribution in [-0.4, -0.2) is 19.5 Å². The molecule has 0 aromatic heterocycles. The summed E-state index contributed by atoms with van der Waals surface area (Å²) in [7, 11) is -3.97. The predicted molar refractivity (Wildman–Crippen MR) is 86.1 cm³/mol. The lowest BCUT2D eigenvalue weighted by Gasteiger charge is -2.06. The van der Waals surface area contributed by atoms with E-state index < -0.39 is 27.5 Å². The summed E-state index contributed by atoms with van der Waals surface area (Å²) in [5.74, 6) is -2.14. The van der Waals surface area contributed by atoms with Crippen LogP contribution in [0.25, 0.3) is 6.08 Å². The van der Waals surface area contributed by atoms with Gasteiger partial charge in [0, 0.05) is 0 Å². The molecule has 0 saturated heterocycles. The molecule has 0 saturated carbocycles. The number of benzene rings is 2. The lowest BCUT2D eigenvalue weighted by molar-refractivity contribution is 0.0697. The van der Waals surface area contributed by atoms with Gasteiger partial charge < -0.3 is 5.11 Å². The van der Waals surface area contributed by atoms with E-state index in [0.717, 1.165) is 29.2 Å². The van der Waals surface area contributed by atoms with E-state index in [1.807, 2.05) is 23.8 Å². The van der Waals surface area contributed by atoms with Crippen LogP contribution in [0.3, 0.4) is 0 Å². The number of carbonyl (C=O) groups is 1. The largest absolute Gasteiger partial charge is 0.478 e. The first-order valence-corrected chi connectivity index (χ1v) is 8.12. The third kappa shape index (κ3) is 4.65. The predicted octanol–water partition coefficient (Wildman–Crippen LogP) is 3.24. The number of anilines is 1. The van der Waals surface area contributed by atoms with Gasteiger partial charge in [-0.15, -0.1) is 0 Å². The Labute approximate surface area is 133 Å². The highest BCUT2D eigenvalue weighted by Gasteiger charge is 2.13. The molecule has 0 atom stereocenters. The van der Waals surface area contributed by atoms with Crippen molar-refractivity contribution in [3.05, 3.63) is 70.4 Å². The van der Waals surface area contributed by atoms with Crippen molar-refractivity contribution in [3.8, 4) is 0 Å². The van der Waals surface area contributed by atoms with E-state index in [0.29, 0.717) is 5.56 Å². The Morgan fingerprint density at radius 3 is 2.43 bits per heavy atom. The number of aromatic carboxylic acids is 1. The van der Waals surface area contributed by atoms with Gasteiger partial charge in [0.15, 0.2) is 0 Å². The van der Waals surface area contributed by atoms with Crippen LogP contribution < -0.4 is 4.72 Å². The SMILES string of the molecule is Cc1ccc(/C=C\S(=O)(=O)Nc2cc(C(=O)O)ccc2F)cc1. The Balaban J connectivity index is 2.22. The maximum absolute atomic E-state index is 13.6. The van der Waals surface area contributed by atoms with E-state index in [2.05, 4.69) is 0 Å². The summed E-state index contributed by atoms with van der Waals surface area (Å²) in [4.78, 5) is 10.9. The molecule has 23 heavy (non-hydrogen) atoms. The monoisotopic (exact) mass is 335 g/mol. The van der Waals surface area contributed by atoms with E-state index in [1.54, 1.807) is 12.1 Å². The van der Waals surface area contributed by atoms with E-state index in [9.17, 15) is 17.6 Å². The molecule has 0 radical (unpaired) electrons. The van der Waals surface area contributed by atoms with E-state index >= 15 is 0 Å². The van der Waals surface area contributed by atoms with Crippen molar-refractivity contribution >= 4 is 27.8 Å². The molecule has 0 aliphatic rings. The Morgan fingerprint density at radius 1 is 1.17 bits per heavy atom. The number of hydrogen-bond donors (Lipinski definition) is 2. The van der Waals surface area contributed by atoms with Gasteiger partial charge in [-0.25, -0.2) is 17.6 Å². The van der Waals surface area contributed by atoms with Gasteiger partial charge in [0.25, 0.3) is 10.0 Å². The summed E-state index contributed by atoms with van der Waals surface area (Å²) >= 11 is 0. The molecule has 0 spiro atoms. The minimum absolute atomic E-state index is 0.216. The van der Waals surface area contributed by atoms with Gasteiger partial charge in [0.05, 0.1) is 16.7 Å². The highest BCUT2D eigenvalue weighted by atomic mass is 32.2. The minimum Gasteiger partial charge on any atom is -0.478 e. The molecule has 0 heterocycles. The van der Waals surface area contributed by atoms with Crippen molar-refractivity contribution < 1.29 is 22.7 Å². The molecule has 0 bridgehead atoms. The molecule has 2 rings (SSSR count). The molecule has 0 aliphatic heterocycles.